The summed E-state index contributed by atoms with van der Waals surface area (Å²) in [6.45, 7) is 1.31. The summed E-state index contributed by atoms with van der Waals surface area (Å²) < 4.78 is 7.09. The summed E-state index contributed by atoms with van der Waals surface area (Å²) in [6.07, 6.45) is 3.60. The number of hydrogen-bond donors (Lipinski definition) is 1. The number of carbonyl (C=O) groups excluding carboxylic acids is 1. The molecule has 31 heavy (non-hydrogen) atoms. The minimum atomic E-state index is -0.559. The monoisotopic (exact) mass is 417 g/mol. The molecule has 3 aromatic rings. The highest BCUT2D eigenvalue weighted by atomic mass is 16.5. The van der Waals surface area contributed by atoms with Crippen LogP contribution in [0, 0.1) is 5.92 Å². The number of hydrogen-bond acceptors (Lipinski definition) is 4. The van der Waals surface area contributed by atoms with Crippen LogP contribution in [0.3, 0.4) is 0 Å². The quantitative estimate of drug-likeness (QED) is 0.683. The van der Waals surface area contributed by atoms with Gasteiger partial charge in [0.05, 0.1) is 24.1 Å². The van der Waals surface area contributed by atoms with E-state index in [2.05, 4.69) is 0 Å². The molecule has 1 amide bonds. The Morgan fingerprint density at radius 2 is 1.87 bits per heavy atom. The molecular weight excluding hydrogens is 390 g/mol. The third kappa shape index (κ3) is 3.83. The summed E-state index contributed by atoms with van der Waals surface area (Å²) in [5, 5.41) is 15.3. The van der Waals surface area contributed by atoms with E-state index >= 15 is 0 Å². The second-order valence-electron chi connectivity index (χ2n) is 8.58. The van der Waals surface area contributed by atoms with E-state index in [-0.39, 0.29) is 11.8 Å². The SMILES string of the molecule is COc1ccc(-n2nc(C(=O)N3CCCC(C4(O)CC4)C3)cc2-c2ccccc2)cc1. The Hall–Kier alpha value is -3.12. The number of aromatic nitrogens is 2. The highest BCUT2D eigenvalue weighted by molar-refractivity contribution is 5.93. The minimum Gasteiger partial charge on any atom is -0.497 e. The summed E-state index contributed by atoms with van der Waals surface area (Å²) in [5.41, 5.74) is 2.59. The molecule has 2 fully saturated rings. The fraction of sp³-hybridized carbons (Fsp3) is 0.360. The van der Waals surface area contributed by atoms with Gasteiger partial charge in [-0.15, -0.1) is 0 Å². The Balaban J connectivity index is 1.49. The second kappa shape index (κ2) is 7.85. The first-order valence-electron chi connectivity index (χ1n) is 10.9. The third-order valence-electron chi connectivity index (χ3n) is 6.55. The van der Waals surface area contributed by atoms with E-state index in [4.69, 9.17) is 9.84 Å². The number of amides is 1. The van der Waals surface area contributed by atoms with Gasteiger partial charge in [0, 0.05) is 24.6 Å². The molecule has 2 aliphatic rings. The Morgan fingerprint density at radius 1 is 1.13 bits per heavy atom. The van der Waals surface area contributed by atoms with Gasteiger partial charge in [0.25, 0.3) is 5.91 Å². The fourth-order valence-corrected chi connectivity index (χ4v) is 4.52. The van der Waals surface area contributed by atoms with Crippen LogP contribution < -0.4 is 4.74 Å². The van der Waals surface area contributed by atoms with Gasteiger partial charge >= 0.3 is 0 Å². The van der Waals surface area contributed by atoms with Crippen LogP contribution in [0.25, 0.3) is 16.9 Å². The predicted octanol–water partition coefficient (Wildman–Crippen LogP) is 3.93. The Morgan fingerprint density at radius 3 is 2.55 bits per heavy atom. The van der Waals surface area contributed by atoms with Gasteiger partial charge in [-0.1, -0.05) is 30.3 Å². The molecule has 0 radical (unpaired) electrons. The Kier molecular flexibility index (Phi) is 5.02. The lowest BCUT2D eigenvalue weighted by Crippen LogP contribution is -2.44. The van der Waals surface area contributed by atoms with E-state index in [0.29, 0.717) is 18.8 Å². The number of ether oxygens (including phenoxy) is 1. The van der Waals surface area contributed by atoms with E-state index in [1.54, 1.807) is 7.11 Å². The average Bonchev–Trinajstić information content (AvgIpc) is 3.43. The van der Waals surface area contributed by atoms with Gasteiger partial charge in [0.1, 0.15) is 5.75 Å². The van der Waals surface area contributed by atoms with Gasteiger partial charge in [0.15, 0.2) is 5.69 Å². The molecular formula is C25H27N3O3. The normalized spacial score (nSPS) is 19.8. The van der Waals surface area contributed by atoms with Crippen molar-refractivity contribution in [2.24, 2.45) is 5.92 Å². The zero-order valence-corrected chi connectivity index (χ0v) is 17.7. The van der Waals surface area contributed by atoms with Crippen molar-refractivity contribution >= 4 is 5.91 Å². The molecule has 1 saturated carbocycles. The van der Waals surface area contributed by atoms with Gasteiger partial charge in [0.2, 0.25) is 0 Å². The van der Waals surface area contributed by atoms with Gasteiger partial charge in [-0.05, 0) is 56.0 Å². The number of nitrogens with zero attached hydrogens (tertiary/aromatic N) is 3. The molecule has 6 nitrogen and oxygen atoms in total. The Bertz CT molecular complexity index is 1070. The third-order valence-corrected chi connectivity index (χ3v) is 6.55. The molecule has 6 heteroatoms. The molecule has 5 rings (SSSR count). The zero-order chi connectivity index (χ0) is 21.4. The fourth-order valence-electron chi connectivity index (χ4n) is 4.52. The van der Waals surface area contributed by atoms with Crippen LogP contribution in [-0.4, -0.2) is 51.5 Å². The largest absolute Gasteiger partial charge is 0.497 e. The average molecular weight is 418 g/mol. The highest BCUT2D eigenvalue weighted by Crippen LogP contribution is 2.45. The Labute approximate surface area is 182 Å². The molecule has 1 atom stereocenters. The molecule has 1 N–H and O–H groups in total. The summed E-state index contributed by atoms with van der Waals surface area (Å²) in [4.78, 5) is 15.2. The van der Waals surface area contributed by atoms with E-state index in [1.807, 2.05) is 70.2 Å². The summed E-state index contributed by atoms with van der Waals surface area (Å²) in [7, 11) is 1.64. The van der Waals surface area contributed by atoms with Gasteiger partial charge in [-0.2, -0.15) is 5.10 Å². The molecule has 1 aromatic heterocycles. The molecule has 1 aliphatic heterocycles. The van der Waals surface area contributed by atoms with Crippen LogP contribution in [0.5, 0.6) is 5.75 Å². The van der Waals surface area contributed by atoms with Crippen LogP contribution in [0.4, 0.5) is 0 Å². The van der Waals surface area contributed by atoms with Crippen LogP contribution in [0.1, 0.15) is 36.2 Å². The van der Waals surface area contributed by atoms with E-state index in [9.17, 15) is 9.90 Å². The number of likely N-dealkylation sites (tertiary alicyclic amines) is 1. The standard InChI is InChI=1S/C25H27N3O3/c1-31-21-11-9-20(10-12-21)28-23(18-6-3-2-4-7-18)16-22(26-28)24(29)27-15-5-8-19(17-27)25(30)13-14-25/h2-4,6-7,9-12,16,19,30H,5,8,13-15,17H2,1H3. The first kappa shape index (κ1) is 19.8. The lowest BCUT2D eigenvalue weighted by atomic mass is 9.90. The van der Waals surface area contributed by atoms with E-state index in [1.165, 1.54) is 0 Å². The number of methoxy groups -OCH3 is 1. The number of aliphatic hydroxyl groups is 1. The summed E-state index contributed by atoms with van der Waals surface area (Å²) in [5.74, 6) is 0.867. The van der Waals surface area contributed by atoms with Crippen molar-refractivity contribution in [3.05, 3.63) is 66.4 Å². The molecule has 2 aromatic carbocycles. The minimum absolute atomic E-state index is 0.0709. The maximum atomic E-state index is 13.4. The summed E-state index contributed by atoms with van der Waals surface area (Å²) >= 11 is 0. The second-order valence-corrected chi connectivity index (χ2v) is 8.58. The molecule has 160 valence electrons. The molecule has 0 spiro atoms. The van der Waals surface area contributed by atoms with Crippen LogP contribution in [0.15, 0.2) is 60.7 Å². The van der Waals surface area contributed by atoms with E-state index < -0.39 is 5.60 Å². The van der Waals surface area contributed by atoms with Crippen LogP contribution in [0.2, 0.25) is 0 Å². The summed E-state index contributed by atoms with van der Waals surface area (Å²) in [6, 6.07) is 19.5. The number of piperidine rings is 1. The maximum Gasteiger partial charge on any atom is 0.274 e. The van der Waals surface area contributed by atoms with Gasteiger partial charge in [-0.3, -0.25) is 4.79 Å². The number of benzene rings is 2. The van der Waals surface area contributed by atoms with Gasteiger partial charge < -0.3 is 14.7 Å². The van der Waals surface area contributed by atoms with Crippen LogP contribution >= 0.6 is 0 Å². The predicted molar refractivity (Wildman–Crippen MR) is 118 cm³/mol. The lowest BCUT2D eigenvalue weighted by Gasteiger charge is -2.35. The van der Waals surface area contributed by atoms with Crippen molar-refractivity contribution in [3.8, 4) is 22.7 Å². The van der Waals surface area contributed by atoms with Crippen molar-refractivity contribution < 1.29 is 14.6 Å². The smallest absolute Gasteiger partial charge is 0.274 e. The first-order valence-corrected chi connectivity index (χ1v) is 10.9. The first-order chi connectivity index (χ1) is 15.1. The van der Waals surface area contributed by atoms with Crippen molar-refractivity contribution in [2.45, 2.75) is 31.3 Å². The van der Waals surface area contributed by atoms with Crippen molar-refractivity contribution in [1.82, 2.24) is 14.7 Å². The van der Waals surface area contributed by atoms with Crippen molar-refractivity contribution in [3.63, 3.8) is 0 Å². The number of carbonyl (C=O) groups is 1. The van der Waals surface area contributed by atoms with Crippen molar-refractivity contribution in [1.29, 1.82) is 0 Å². The highest BCUT2D eigenvalue weighted by Gasteiger charge is 2.49. The molecule has 2 heterocycles. The maximum absolute atomic E-state index is 13.4. The molecule has 1 unspecified atom stereocenters. The van der Waals surface area contributed by atoms with Gasteiger partial charge in [-0.25, -0.2) is 4.68 Å². The lowest BCUT2D eigenvalue weighted by molar-refractivity contribution is 0.0279. The van der Waals surface area contributed by atoms with E-state index in [0.717, 1.165) is 48.4 Å². The van der Waals surface area contributed by atoms with Crippen molar-refractivity contribution in [2.75, 3.05) is 20.2 Å². The molecule has 1 aliphatic carbocycles. The van der Waals surface area contributed by atoms with Crippen LogP contribution in [-0.2, 0) is 0 Å². The zero-order valence-electron chi connectivity index (χ0n) is 17.7. The molecule has 0 bridgehead atoms. The number of rotatable bonds is 5. The molecule has 1 saturated heterocycles. The topological polar surface area (TPSA) is 67.6 Å².